The van der Waals surface area contributed by atoms with E-state index in [0.717, 1.165) is 24.0 Å². The zero-order valence-corrected chi connectivity index (χ0v) is 10.3. The fourth-order valence-corrected chi connectivity index (χ4v) is 1.90. The van der Waals surface area contributed by atoms with Crippen molar-refractivity contribution in [2.45, 2.75) is 32.4 Å². The van der Waals surface area contributed by atoms with Crippen molar-refractivity contribution in [2.75, 3.05) is 19.0 Å². The summed E-state index contributed by atoms with van der Waals surface area (Å²) < 4.78 is 0. The van der Waals surface area contributed by atoms with Crippen LogP contribution < -0.4 is 10.2 Å². The molecule has 1 heterocycles. The number of hydrogen-bond acceptors (Lipinski definition) is 4. The summed E-state index contributed by atoms with van der Waals surface area (Å²) in [5, 5.41) is 3.09. The molecule has 0 radical (unpaired) electrons. The predicted octanol–water partition coefficient (Wildman–Crippen LogP) is 1.43. The molecule has 88 valence electrons. The van der Waals surface area contributed by atoms with E-state index in [1.807, 2.05) is 19.4 Å². The molecule has 0 spiro atoms. The third kappa shape index (κ3) is 2.50. The van der Waals surface area contributed by atoms with E-state index < -0.39 is 0 Å². The van der Waals surface area contributed by atoms with Gasteiger partial charge in [-0.15, -0.1) is 0 Å². The Balaban J connectivity index is 2.02. The molecule has 1 aliphatic carbocycles. The Morgan fingerprint density at radius 2 is 2.06 bits per heavy atom. The van der Waals surface area contributed by atoms with Gasteiger partial charge in [0.05, 0.1) is 0 Å². The van der Waals surface area contributed by atoms with E-state index in [1.54, 1.807) is 0 Å². The van der Waals surface area contributed by atoms with Crippen LogP contribution in [0.2, 0.25) is 0 Å². The largest absolute Gasteiger partial charge is 0.341 e. The first-order valence-corrected chi connectivity index (χ1v) is 5.90. The highest BCUT2D eigenvalue weighted by molar-refractivity contribution is 5.30. The normalized spacial score (nSPS) is 17.2. The number of hydrogen-bond donors (Lipinski definition) is 1. The summed E-state index contributed by atoms with van der Waals surface area (Å²) in [6, 6.07) is 0.551. The molecule has 0 aliphatic heterocycles. The molecule has 1 aromatic heterocycles. The molecule has 1 aromatic rings. The zero-order chi connectivity index (χ0) is 11.5. The zero-order valence-electron chi connectivity index (χ0n) is 10.3. The SMILES string of the molecule is CNCc1cnc(N(C)C(C)C2CC2)nc1. The van der Waals surface area contributed by atoms with E-state index in [-0.39, 0.29) is 0 Å². The first kappa shape index (κ1) is 11.3. The fourth-order valence-electron chi connectivity index (χ4n) is 1.90. The lowest BCUT2D eigenvalue weighted by Gasteiger charge is -2.24. The molecule has 1 unspecified atom stereocenters. The van der Waals surface area contributed by atoms with Crippen molar-refractivity contribution in [1.82, 2.24) is 15.3 Å². The standard InChI is InChI=1S/C12H20N4/c1-9(11-4-5-11)16(3)12-14-7-10(6-13-2)8-15-12/h7-9,11,13H,4-6H2,1-3H3. The quantitative estimate of drug-likeness (QED) is 0.815. The smallest absolute Gasteiger partial charge is 0.225 e. The number of rotatable bonds is 5. The third-order valence-corrected chi connectivity index (χ3v) is 3.30. The molecule has 0 saturated heterocycles. The second-order valence-electron chi connectivity index (χ2n) is 4.61. The van der Waals surface area contributed by atoms with E-state index in [2.05, 4.69) is 34.2 Å². The first-order valence-electron chi connectivity index (χ1n) is 5.90. The van der Waals surface area contributed by atoms with Gasteiger partial charge in [0.2, 0.25) is 5.95 Å². The molecular weight excluding hydrogens is 200 g/mol. The van der Waals surface area contributed by atoms with E-state index in [4.69, 9.17) is 0 Å². The van der Waals surface area contributed by atoms with E-state index >= 15 is 0 Å². The molecule has 0 aromatic carbocycles. The van der Waals surface area contributed by atoms with Gasteiger partial charge in [-0.05, 0) is 32.7 Å². The van der Waals surface area contributed by atoms with E-state index in [1.165, 1.54) is 12.8 Å². The molecule has 16 heavy (non-hydrogen) atoms. The fraction of sp³-hybridized carbons (Fsp3) is 0.667. The molecule has 1 aliphatic rings. The maximum Gasteiger partial charge on any atom is 0.225 e. The van der Waals surface area contributed by atoms with Gasteiger partial charge in [0.15, 0.2) is 0 Å². The van der Waals surface area contributed by atoms with Gasteiger partial charge in [-0.3, -0.25) is 0 Å². The lowest BCUT2D eigenvalue weighted by atomic mass is 10.2. The second-order valence-corrected chi connectivity index (χ2v) is 4.61. The van der Waals surface area contributed by atoms with Crippen LogP contribution in [0.1, 0.15) is 25.3 Å². The molecule has 1 atom stereocenters. The van der Waals surface area contributed by atoms with Gasteiger partial charge < -0.3 is 10.2 Å². The van der Waals surface area contributed by atoms with Gasteiger partial charge in [0.25, 0.3) is 0 Å². The highest BCUT2D eigenvalue weighted by Gasteiger charge is 2.31. The highest BCUT2D eigenvalue weighted by atomic mass is 15.2. The van der Waals surface area contributed by atoms with Gasteiger partial charge in [-0.1, -0.05) is 0 Å². The Kier molecular flexibility index (Phi) is 3.39. The minimum Gasteiger partial charge on any atom is -0.341 e. The molecule has 4 nitrogen and oxygen atoms in total. The molecular formula is C12H20N4. The minimum absolute atomic E-state index is 0.551. The van der Waals surface area contributed by atoms with Crippen LogP contribution in [-0.4, -0.2) is 30.1 Å². The van der Waals surface area contributed by atoms with Gasteiger partial charge >= 0.3 is 0 Å². The average molecular weight is 220 g/mol. The molecule has 4 heteroatoms. The summed E-state index contributed by atoms with van der Waals surface area (Å²) in [4.78, 5) is 11.0. The lowest BCUT2D eigenvalue weighted by molar-refractivity contribution is 0.597. The maximum absolute atomic E-state index is 4.40. The first-order chi connectivity index (χ1) is 7.72. The topological polar surface area (TPSA) is 41.1 Å². The molecule has 2 rings (SSSR count). The van der Waals surface area contributed by atoms with Crippen molar-refractivity contribution in [3.05, 3.63) is 18.0 Å². The third-order valence-electron chi connectivity index (χ3n) is 3.30. The minimum atomic E-state index is 0.551. The average Bonchev–Trinajstić information content (AvgIpc) is 3.12. The Bertz CT molecular complexity index is 331. The lowest BCUT2D eigenvalue weighted by Crippen LogP contribution is -2.32. The summed E-state index contributed by atoms with van der Waals surface area (Å²) in [5.41, 5.74) is 1.12. The number of nitrogens with one attached hydrogen (secondary N) is 1. The second kappa shape index (κ2) is 4.78. The molecule has 0 bridgehead atoms. The van der Waals surface area contributed by atoms with Crippen molar-refractivity contribution in [3.63, 3.8) is 0 Å². The summed E-state index contributed by atoms with van der Waals surface area (Å²) in [6.45, 7) is 3.07. The molecule has 1 saturated carbocycles. The molecule has 1 fully saturated rings. The van der Waals surface area contributed by atoms with Crippen molar-refractivity contribution in [1.29, 1.82) is 0 Å². The van der Waals surface area contributed by atoms with Crippen LogP contribution in [0.4, 0.5) is 5.95 Å². The van der Waals surface area contributed by atoms with Gasteiger partial charge in [0, 0.05) is 37.6 Å². The van der Waals surface area contributed by atoms with Crippen LogP contribution in [0.5, 0.6) is 0 Å². The van der Waals surface area contributed by atoms with Crippen LogP contribution in [0, 0.1) is 5.92 Å². The number of nitrogens with zero attached hydrogens (tertiary/aromatic N) is 3. The van der Waals surface area contributed by atoms with Crippen molar-refractivity contribution < 1.29 is 0 Å². The van der Waals surface area contributed by atoms with Gasteiger partial charge in [-0.25, -0.2) is 9.97 Å². The van der Waals surface area contributed by atoms with Gasteiger partial charge in [0.1, 0.15) is 0 Å². The summed E-state index contributed by atoms with van der Waals surface area (Å²) >= 11 is 0. The maximum atomic E-state index is 4.40. The van der Waals surface area contributed by atoms with Crippen LogP contribution >= 0.6 is 0 Å². The summed E-state index contributed by atoms with van der Waals surface area (Å²) in [7, 11) is 4.01. The monoisotopic (exact) mass is 220 g/mol. The highest BCUT2D eigenvalue weighted by Crippen LogP contribution is 2.35. The van der Waals surface area contributed by atoms with Crippen molar-refractivity contribution >= 4 is 5.95 Å². The van der Waals surface area contributed by atoms with E-state index in [0.29, 0.717) is 6.04 Å². The Morgan fingerprint density at radius 3 is 2.56 bits per heavy atom. The van der Waals surface area contributed by atoms with Gasteiger partial charge in [-0.2, -0.15) is 0 Å². The van der Waals surface area contributed by atoms with Crippen LogP contribution in [0.25, 0.3) is 0 Å². The van der Waals surface area contributed by atoms with E-state index in [9.17, 15) is 0 Å². The van der Waals surface area contributed by atoms with Crippen molar-refractivity contribution in [2.24, 2.45) is 5.92 Å². The Morgan fingerprint density at radius 1 is 1.44 bits per heavy atom. The summed E-state index contributed by atoms with van der Waals surface area (Å²) in [5.74, 6) is 1.67. The predicted molar refractivity (Wildman–Crippen MR) is 65.4 cm³/mol. The summed E-state index contributed by atoms with van der Waals surface area (Å²) in [6.07, 6.45) is 6.50. The van der Waals surface area contributed by atoms with Crippen LogP contribution in [0.3, 0.4) is 0 Å². The van der Waals surface area contributed by atoms with Crippen molar-refractivity contribution in [3.8, 4) is 0 Å². The number of aromatic nitrogens is 2. The van der Waals surface area contributed by atoms with Crippen LogP contribution in [-0.2, 0) is 6.54 Å². The van der Waals surface area contributed by atoms with Crippen LogP contribution in [0.15, 0.2) is 12.4 Å². The molecule has 0 amide bonds. The Labute approximate surface area is 97.1 Å². The molecule has 1 N–H and O–H groups in total. The number of anilines is 1. The Hall–Kier alpha value is -1.16.